The zero-order chi connectivity index (χ0) is 31.4. The normalized spacial score (nSPS) is 23.4. The van der Waals surface area contributed by atoms with Gasteiger partial charge in [-0.2, -0.15) is 23.5 Å². The molecule has 45 heavy (non-hydrogen) atoms. The van der Waals surface area contributed by atoms with Gasteiger partial charge in [0, 0.05) is 61.0 Å². The Labute approximate surface area is 257 Å². The van der Waals surface area contributed by atoms with Crippen molar-refractivity contribution in [2.24, 2.45) is 0 Å². The zero-order valence-corrected chi connectivity index (χ0v) is 24.9. The summed E-state index contributed by atoms with van der Waals surface area (Å²) in [5.74, 6) is -1.74. The zero-order valence-electron chi connectivity index (χ0n) is 24.9. The van der Waals surface area contributed by atoms with E-state index in [4.69, 9.17) is 0 Å². The first-order valence-corrected chi connectivity index (χ1v) is 15.4. The van der Waals surface area contributed by atoms with E-state index in [9.17, 15) is 23.2 Å². The molecule has 2 aliphatic carbocycles. The van der Waals surface area contributed by atoms with Gasteiger partial charge in [0.15, 0.2) is 0 Å². The average Bonchev–Trinajstić information content (AvgIpc) is 3.68. The Morgan fingerprint density at radius 3 is 2.60 bits per heavy atom. The molecular weight excluding hydrogens is 585 g/mol. The largest absolute Gasteiger partial charge is 0.451 e. The molecule has 4 aromatic rings. The van der Waals surface area contributed by atoms with Crippen molar-refractivity contribution in [2.45, 2.75) is 75.0 Å². The van der Waals surface area contributed by atoms with Gasteiger partial charge in [-0.05, 0) is 44.2 Å². The highest BCUT2D eigenvalue weighted by Crippen LogP contribution is 2.47. The number of carbonyl (C=O) groups is 1. The van der Waals surface area contributed by atoms with Crippen molar-refractivity contribution in [1.29, 1.82) is 5.26 Å². The molecule has 2 saturated carbocycles. The van der Waals surface area contributed by atoms with E-state index in [1.54, 1.807) is 11.1 Å². The van der Waals surface area contributed by atoms with Gasteiger partial charge in [0.1, 0.15) is 17.7 Å². The number of rotatable bonds is 7. The number of fused-ring (bicyclic) bond motifs is 1. The summed E-state index contributed by atoms with van der Waals surface area (Å²) in [5, 5.41) is 15.2. The highest BCUT2D eigenvalue weighted by molar-refractivity contribution is 5.92. The van der Waals surface area contributed by atoms with Crippen LogP contribution < -0.4 is 0 Å². The Hall–Kier alpha value is -4.38. The van der Waals surface area contributed by atoms with E-state index in [1.807, 2.05) is 30.1 Å². The first-order valence-electron chi connectivity index (χ1n) is 15.4. The molecule has 11 nitrogen and oxygen atoms in total. The van der Waals surface area contributed by atoms with E-state index < -0.39 is 28.9 Å². The van der Waals surface area contributed by atoms with E-state index in [-0.39, 0.29) is 11.7 Å². The van der Waals surface area contributed by atoms with Crippen LogP contribution in [-0.4, -0.2) is 82.6 Å². The van der Waals surface area contributed by atoms with Crippen molar-refractivity contribution in [1.82, 2.24) is 44.5 Å². The summed E-state index contributed by atoms with van der Waals surface area (Å²) >= 11 is 0. The maximum atomic E-state index is 13.7. The van der Waals surface area contributed by atoms with Crippen LogP contribution in [0.2, 0.25) is 0 Å². The standard InChI is InChI=1S/C31H33F3N10O/c1-2-29(5-3-6-29)24-14-23(40-28(41-24)31(32,33)34)27(45)43-12-10-42(11-13-43)21-15-30(16-21,7-8-35)44-18-20(17-39-44)25-22-4-9-36-26(22)38-19-37-25/h4,9,14,17-19,21H,2-3,5-7,10-13,15-16H2,1H3,(H,36,37,38). The second-order valence-electron chi connectivity index (χ2n) is 12.5. The lowest BCUT2D eigenvalue weighted by Gasteiger charge is -2.52. The van der Waals surface area contributed by atoms with Crippen LogP contribution in [-0.2, 0) is 17.1 Å². The maximum absolute atomic E-state index is 13.7. The summed E-state index contributed by atoms with van der Waals surface area (Å²) in [6.45, 7) is 3.88. The molecular formula is C31H33F3N10O. The van der Waals surface area contributed by atoms with Gasteiger partial charge in [-0.25, -0.2) is 19.9 Å². The van der Waals surface area contributed by atoms with E-state index in [0.29, 0.717) is 44.7 Å². The average molecular weight is 619 g/mol. The topological polar surface area (TPSA) is 133 Å². The lowest BCUT2D eigenvalue weighted by atomic mass is 9.65. The van der Waals surface area contributed by atoms with Crippen LogP contribution in [0.4, 0.5) is 13.2 Å². The monoisotopic (exact) mass is 618 g/mol. The minimum atomic E-state index is -4.74. The minimum Gasteiger partial charge on any atom is -0.346 e. The molecule has 3 aliphatic rings. The molecule has 1 amide bonds. The molecule has 5 heterocycles. The lowest BCUT2D eigenvalue weighted by Crippen LogP contribution is -2.60. The van der Waals surface area contributed by atoms with Crippen LogP contribution in [0.3, 0.4) is 0 Å². The van der Waals surface area contributed by atoms with Crippen molar-refractivity contribution < 1.29 is 18.0 Å². The summed E-state index contributed by atoms with van der Waals surface area (Å²) < 4.78 is 43.1. The molecule has 0 unspecified atom stereocenters. The number of hydrogen-bond donors (Lipinski definition) is 1. The van der Waals surface area contributed by atoms with Crippen molar-refractivity contribution >= 4 is 16.9 Å². The van der Waals surface area contributed by atoms with Crippen LogP contribution in [0.5, 0.6) is 0 Å². The van der Waals surface area contributed by atoms with Gasteiger partial charge < -0.3 is 9.88 Å². The first-order chi connectivity index (χ1) is 21.6. The number of nitrogens with one attached hydrogen (secondary N) is 1. The van der Waals surface area contributed by atoms with Gasteiger partial charge in [-0.3, -0.25) is 14.4 Å². The number of carbonyl (C=O) groups excluding carboxylic acids is 1. The Kier molecular flexibility index (Phi) is 7.11. The molecule has 234 valence electrons. The fraction of sp³-hybridized carbons (Fsp3) is 0.516. The molecule has 4 aromatic heterocycles. The quantitative estimate of drug-likeness (QED) is 0.316. The third-order valence-electron chi connectivity index (χ3n) is 10.2. The molecule has 3 fully saturated rings. The van der Waals surface area contributed by atoms with E-state index >= 15 is 0 Å². The van der Waals surface area contributed by atoms with Crippen LogP contribution in [0.15, 0.2) is 37.1 Å². The molecule has 7 rings (SSSR count). The van der Waals surface area contributed by atoms with Gasteiger partial charge in [-0.15, -0.1) is 0 Å². The number of nitriles is 1. The highest BCUT2D eigenvalue weighted by Gasteiger charge is 2.49. The first kappa shape index (κ1) is 29.3. The minimum absolute atomic E-state index is 0.188. The van der Waals surface area contributed by atoms with Gasteiger partial charge in [-0.1, -0.05) is 13.3 Å². The Morgan fingerprint density at radius 1 is 1.16 bits per heavy atom. The fourth-order valence-corrected chi connectivity index (χ4v) is 7.24. The summed E-state index contributed by atoms with van der Waals surface area (Å²) in [6, 6.07) is 5.94. The Bertz CT molecular complexity index is 1770. The summed E-state index contributed by atoms with van der Waals surface area (Å²) in [6.07, 6.45) is 7.17. The van der Waals surface area contributed by atoms with Gasteiger partial charge >= 0.3 is 6.18 Å². The predicted molar refractivity (Wildman–Crippen MR) is 157 cm³/mol. The third kappa shape index (κ3) is 5.03. The van der Waals surface area contributed by atoms with Gasteiger partial charge in [0.2, 0.25) is 5.82 Å². The molecule has 1 N–H and O–H groups in total. The van der Waals surface area contributed by atoms with Crippen LogP contribution in [0, 0.1) is 11.3 Å². The Balaban J connectivity index is 1.03. The van der Waals surface area contributed by atoms with Crippen molar-refractivity contribution in [3.05, 3.63) is 54.3 Å². The number of H-pyrrole nitrogens is 1. The number of aromatic amines is 1. The summed E-state index contributed by atoms with van der Waals surface area (Å²) in [5.41, 5.74) is 1.62. The van der Waals surface area contributed by atoms with Crippen molar-refractivity contribution in [3.8, 4) is 17.3 Å². The van der Waals surface area contributed by atoms with Crippen LogP contribution >= 0.6 is 0 Å². The SMILES string of the molecule is CCC1(c2cc(C(=O)N3CCN(C4CC(CC#N)(n5cc(-c6ncnc7[nH]ccc67)cn5)C4)CC3)nc(C(F)(F)F)n2)CCC1. The smallest absolute Gasteiger partial charge is 0.346 e. The number of piperazine rings is 1. The maximum Gasteiger partial charge on any atom is 0.451 e. The molecule has 0 aromatic carbocycles. The fourth-order valence-electron chi connectivity index (χ4n) is 7.24. The summed E-state index contributed by atoms with van der Waals surface area (Å²) in [7, 11) is 0. The lowest BCUT2D eigenvalue weighted by molar-refractivity contribution is -0.145. The Morgan fingerprint density at radius 2 is 1.93 bits per heavy atom. The van der Waals surface area contributed by atoms with Crippen molar-refractivity contribution in [2.75, 3.05) is 26.2 Å². The van der Waals surface area contributed by atoms with E-state index in [1.165, 1.54) is 12.4 Å². The number of hydrogen-bond acceptors (Lipinski definition) is 8. The third-order valence-corrected chi connectivity index (χ3v) is 10.2. The second kappa shape index (κ2) is 10.9. The molecule has 0 spiro atoms. The molecule has 1 aliphatic heterocycles. The second-order valence-corrected chi connectivity index (χ2v) is 12.5. The number of halogens is 3. The number of nitrogens with zero attached hydrogens (tertiary/aromatic N) is 9. The van der Waals surface area contributed by atoms with Crippen LogP contribution in [0.1, 0.15) is 73.9 Å². The van der Waals surface area contributed by atoms with Gasteiger partial charge in [0.05, 0.1) is 35.6 Å². The molecule has 1 saturated heterocycles. The van der Waals surface area contributed by atoms with E-state index in [0.717, 1.165) is 54.4 Å². The highest BCUT2D eigenvalue weighted by atomic mass is 19.4. The molecule has 0 radical (unpaired) electrons. The number of amides is 1. The summed E-state index contributed by atoms with van der Waals surface area (Å²) in [4.78, 5) is 36.7. The molecule has 14 heteroatoms. The number of aromatic nitrogens is 7. The van der Waals surface area contributed by atoms with Gasteiger partial charge in [0.25, 0.3) is 5.91 Å². The van der Waals surface area contributed by atoms with Crippen molar-refractivity contribution in [3.63, 3.8) is 0 Å². The van der Waals surface area contributed by atoms with E-state index in [2.05, 4.69) is 41.0 Å². The number of alkyl halides is 3. The van der Waals surface area contributed by atoms with Crippen LogP contribution in [0.25, 0.3) is 22.3 Å². The molecule has 0 atom stereocenters. The predicted octanol–water partition coefficient (Wildman–Crippen LogP) is 4.69. The molecule has 0 bridgehead atoms.